The first-order valence-electron chi connectivity index (χ1n) is 4.55. The van der Waals surface area contributed by atoms with E-state index in [-0.39, 0.29) is 17.6 Å². The van der Waals surface area contributed by atoms with Crippen molar-refractivity contribution in [2.24, 2.45) is 0 Å². The van der Waals surface area contributed by atoms with Crippen LogP contribution in [0, 0.1) is 0 Å². The molecule has 82 valence electrons. The Kier molecular flexibility index (Phi) is 3.16. The van der Waals surface area contributed by atoms with Crippen LogP contribution in [0.15, 0.2) is 35.0 Å². The number of hydrogen-bond acceptors (Lipinski definition) is 4. The van der Waals surface area contributed by atoms with Crippen LogP contribution in [0.25, 0.3) is 11.3 Å². The molecule has 0 radical (unpaired) electrons. The molecule has 1 amide bonds. The van der Waals surface area contributed by atoms with E-state index in [1.54, 1.807) is 0 Å². The van der Waals surface area contributed by atoms with Gasteiger partial charge in [-0.15, -0.1) is 11.6 Å². The largest absolute Gasteiger partial charge is 0.305 e. The predicted octanol–water partition coefficient (Wildman–Crippen LogP) is 1.91. The van der Waals surface area contributed by atoms with Gasteiger partial charge in [-0.3, -0.25) is 4.79 Å². The van der Waals surface area contributed by atoms with Gasteiger partial charge >= 0.3 is 0 Å². The zero-order valence-electron chi connectivity index (χ0n) is 8.18. The van der Waals surface area contributed by atoms with Crippen molar-refractivity contribution in [3.05, 3.63) is 30.3 Å². The molecule has 0 bridgehead atoms. The van der Waals surface area contributed by atoms with E-state index in [4.69, 9.17) is 11.6 Å². The fourth-order valence-corrected chi connectivity index (χ4v) is 1.29. The molecule has 1 aromatic carbocycles. The molecule has 0 saturated carbocycles. The molecule has 1 N–H and O–H groups in total. The topological polar surface area (TPSA) is 68.0 Å². The van der Waals surface area contributed by atoms with E-state index in [0.717, 1.165) is 5.56 Å². The number of benzene rings is 1. The summed E-state index contributed by atoms with van der Waals surface area (Å²) in [6, 6.07) is 9.29. The van der Waals surface area contributed by atoms with Gasteiger partial charge in [0.05, 0.1) is 0 Å². The van der Waals surface area contributed by atoms with Crippen LogP contribution < -0.4 is 5.32 Å². The second kappa shape index (κ2) is 4.76. The number of carbonyl (C=O) groups excluding carboxylic acids is 1. The molecule has 0 unspecified atom stereocenters. The summed E-state index contributed by atoms with van der Waals surface area (Å²) in [7, 11) is 0. The molecule has 1 heterocycles. The SMILES string of the molecule is O=C(CCl)Nc1nonc1-c1ccccc1. The van der Waals surface area contributed by atoms with Gasteiger partial charge in [0.2, 0.25) is 11.7 Å². The highest BCUT2D eigenvalue weighted by atomic mass is 35.5. The van der Waals surface area contributed by atoms with E-state index in [1.165, 1.54) is 0 Å². The molecule has 2 rings (SSSR count). The molecule has 2 aromatic rings. The van der Waals surface area contributed by atoms with Crippen LogP contribution in [-0.4, -0.2) is 22.1 Å². The summed E-state index contributed by atoms with van der Waals surface area (Å²) in [6.45, 7) is 0. The third kappa shape index (κ3) is 2.20. The average molecular weight is 238 g/mol. The number of hydrogen-bond donors (Lipinski definition) is 1. The molecule has 0 aliphatic heterocycles. The summed E-state index contributed by atoms with van der Waals surface area (Å²) < 4.78 is 4.59. The molecule has 0 aliphatic carbocycles. The molecule has 0 aliphatic rings. The zero-order chi connectivity index (χ0) is 11.4. The minimum absolute atomic E-state index is 0.138. The first kappa shape index (κ1) is 10.6. The van der Waals surface area contributed by atoms with Gasteiger partial charge in [0.25, 0.3) is 0 Å². The number of aromatic nitrogens is 2. The van der Waals surface area contributed by atoms with Gasteiger partial charge in [-0.2, -0.15) is 0 Å². The molecule has 0 atom stereocenters. The van der Waals surface area contributed by atoms with Gasteiger partial charge in [-0.05, 0) is 10.3 Å². The second-order valence-corrected chi connectivity index (χ2v) is 3.28. The normalized spacial score (nSPS) is 10.1. The number of rotatable bonds is 3. The van der Waals surface area contributed by atoms with E-state index in [1.807, 2.05) is 30.3 Å². The summed E-state index contributed by atoms with van der Waals surface area (Å²) in [5, 5.41) is 9.83. The van der Waals surface area contributed by atoms with Crippen LogP contribution in [0.1, 0.15) is 0 Å². The number of anilines is 1. The zero-order valence-corrected chi connectivity index (χ0v) is 8.94. The molecule has 1 aromatic heterocycles. The molecule has 0 saturated heterocycles. The van der Waals surface area contributed by atoms with Gasteiger partial charge in [0.1, 0.15) is 5.88 Å². The number of alkyl halides is 1. The monoisotopic (exact) mass is 237 g/mol. The van der Waals surface area contributed by atoms with Crippen molar-refractivity contribution < 1.29 is 9.42 Å². The molecule has 0 fully saturated rings. The summed E-state index contributed by atoms with van der Waals surface area (Å²) in [5.41, 5.74) is 1.30. The lowest BCUT2D eigenvalue weighted by atomic mass is 10.1. The van der Waals surface area contributed by atoms with E-state index in [9.17, 15) is 4.79 Å². The number of nitrogens with one attached hydrogen (secondary N) is 1. The number of nitrogens with zero attached hydrogens (tertiary/aromatic N) is 2. The van der Waals surface area contributed by atoms with Gasteiger partial charge < -0.3 is 5.32 Å². The van der Waals surface area contributed by atoms with Crippen LogP contribution in [0.4, 0.5) is 5.82 Å². The maximum atomic E-state index is 11.1. The van der Waals surface area contributed by atoms with Crippen LogP contribution in [-0.2, 0) is 4.79 Å². The van der Waals surface area contributed by atoms with Crippen molar-refractivity contribution in [1.82, 2.24) is 10.3 Å². The highest BCUT2D eigenvalue weighted by molar-refractivity contribution is 6.29. The third-order valence-corrected chi connectivity index (χ3v) is 2.16. The molecule has 16 heavy (non-hydrogen) atoms. The Morgan fingerprint density at radius 2 is 2.06 bits per heavy atom. The second-order valence-electron chi connectivity index (χ2n) is 3.01. The van der Waals surface area contributed by atoms with Gasteiger partial charge in [-0.25, -0.2) is 4.63 Å². The predicted molar refractivity (Wildman–Crippen MR) is 59.1 cm³/mol. The van der Waals surface area contributed by atoms with Crippen LogP contribution in [0.5, 0.6) is 0 Å². The number of amides is 1. The molecule has 5 nitrogen and oxygen atoms in total. The fourth-order valence-electron chi connectivity index (χ4n) is 1.22. The van der Waals surface area contributed by atoms with E-state index >= 15 is 0 Å². The number of carbonyl (C=O) groups is 1. The Morgan fingerprint density at radius 1 is 1.31 bits per heavy atom. The smallest absolute Gasteiger partial charge is 0.240 e. The van der Waals surface area contributed by atoms with Crippen molar-refractivity contribution in [3.63, 3.8) is 0 Å². The van der Waals surface area contributed by atoms with E-state index in [0.29, 0.717) is 5.69 Å². The van der Waals surface area contributed by atoms with E-state index in [2.05, 4.69) is 20.3 Å². The van der Waals surface area contributed by atoms with Crippen LogP contribution in [0.2, 0.25) is 0 Å². The minimum Gasteiger partial charge on any atom is -0.305 e. The summed E-state index contributed by atoms with van der Waals surface area (Å²) in [6.07, 6.45) is 0. The quantitative estimate of drug-likeness (QED) is 0.828. The Morgan fingerprint density at radius 3 is 2.75 bits per heavy atom. The molecule has 0 spiro atoms. The Balaban J connectivity index is 2.29. The lowest BCUT2D eigenvalue weighted by Gasteiger charge is -1.99. The highest BCUT2D eigenvalue weighted by Crippen LogP contribution is 2.23. The van der Waals surface area contributed by atoms with E-state index < -0.39 is 0 Å². The summed E-state index contributed by atoms with van der Waals surface area (Å²) in [4.78, 5) is 11.1. The molecule has 6 heteroatoms. The van der Waals surface area contributed by atoms with Crippen molar-refractivity contribution in [2.45, 2.75) is 0 Å². The van der Waals surface area contributed by atoms with Crippen molar-refractivity contribution in [2.75, 3.05) is 11.2 Å². The van der Waals surface area contributed by atoms with Crippen molar-refractivity contribution in [1.29, 1.82) is 0 Å². The molecular formula is C10H8ClN3O2. The first-order valence-corrected chi connectivity index (χ1v) is 5.08. The lowest BCUT2D eigenvalue weighted by molar-refractivity contribution is -0.113. The maximum absolute atomic E-state index is 11.1. The van der Waals surface area contributed by atoms with Crippen molar-refractivity contribution >= 4 is 23.3 Å². The summed E-state index contributed by atoms with van der Waals surface area (Å²) >= 11 is 5.38. The third-order valence-electron chi connectivity index (χ3n) is 1.91. The Bertz CT molecular complexity index is 484. The number of halogens is 1. The average Bonchev–Trinajstić information content (AvgIpc) is 2.78. The van der Waals surface area contributed by atoms with Gasteiger partial charge in [-0.1, -0.05) is 30.3 Å². The maximum Gasteiger partial charge on any atom is 0.240 e. The van der Waals surface area contributed by atoms with Crippen LogP contribution >= 0.6 is 11.6 Å². The first-order chi connectivity index (χ1) is 7.81. The summed E-state index contributed by atoms with van der Waals surface area (Å²) in [5.74, 6) is -0.215. The lowest BCUT2D eigenvalue weighted by Crippen LogP contribution is -2.13. The standard InChI is InChI=1S/C10H8ClN3O2/c11-6-8(15)12-10-9(13-16-14-10)7-4-2-1-3-5-7/h1-5H,6H2,(H,12,14,15). The van der Waals surface area contributed by atoms with Gasteiger partial charge in [0, 0.05) is 5.56 Å². The van der Waals surface area contributed by atoms with Crippen LogP contribution in [0.3, 0.4) is 0 Å². The fraction of sp³-hybridized carbons (Fsp3) is 0.100. The minimum atomic E-state index is -0.352. The van der Waals surface area contributed by atoms with Crippen molar-refractivity contribution in [3.8, 4) is 11.3 Å². The Hall–Kier alpha value is -1.88. The Labute approximate surface area is 96.4 Å². The highest BCUT2D eigenvalue weighted by Gasteiger charge is 2.13. The van der Waals surface area contributed by atoms with Gasteiger partial charge in [0.15, 0.2) is 5.69 Å². The molecular weight excluding hydrogens is 230 g/mol.